The van der Waals surface area contributed by atoms with E-state index in [9.17, 15) is 4.79 Å². The van der Waals surface area contributed by atoms with Crippen LogP contribution in [-0.4, -0.2) is 11.3 Å². The van der Waals surface area contributed by atoms with E-state index in [0.29, 0.717) is 17.9 Å². The number of carbonyl (C=O) groups excluding carboxylic acids is 1. The maximum atomic E-state index is 10.6. The Bertz CT molecular complexity index is 528. The van der Waals surface area contributed by atoms with Gasteiger partial charge in [0.15, 0.2) is 0 Å². The second-order valence-corrected chi connectivity index (χ2v) is 4.41. The first-order chi connectivity index (χ1) is 8.28. The summed E-state index contributed by atoms with van der Waals surface area (Å²) in [6.45, 7) is 0.425. The number of rotatable bonds is 4. The number of halogens is 1. The molecule has 0 bridgehead atoms. The van der Waals surface area contributed by atoms with Crippen LogP contribution in [0.4, 0.5) is 0 Å². The summed E-state index contributed by atoms with van der Waals surface area (Å²) >= 11 is 3.35. The molecule has 0 aliphatic heterocycles. The van der Waals surface area contributed by atoms with Gasteiger partial charge in [-0.05, 0) is 34.1 Å². The van der Waals surface area contributed by atoms with E-state index >= 15 is 0 Å². The molecule has 0 atom stereocenters. The summed E-state index contributed by atoms with van der Waals surface area (Å²) in [5.41, 5.74) is 1.57. The standard InChI is InChI=1S/C13H10BrNO2/c14-12-4-11(6-15-7-12)9-17-13-3-1-2-10(5-13)8-16/h1-8H,9H2. The van der Waals surface area contributed by atoms with Crippen molar-refractivity contribution in [2.75, 3.05) is 0 Å². The van der Waals surface area contributed by atoms with E-state index < -0.39 is 0 Å². The summed E-state index contributed by atoms with van der Waals surface area (Å²) in [7, 11) is 0. The zero-order valence-corrected chi connectivity index (χ0v) is 10.6. The van der Waals surface area contributed by atoms with Crippen LogP contribution < -0.4 is 4.74 Å². The summed E-state index contributed by atoms with van der Waals surface area (Å²) in [5, 5.41) is 0. The van der Waals surface area contributed by atoms with Gasteiger partial charge in [0.2, 0.25) is 0 Å². The van der Waals surface area contributed by atoms with Gasteiger partial charge in [0, 0.05) is 28.0 Å². The van der Waals surface area contributed by atoms with Crippen molar-refractivity contribution in [3.63, 3.8) is 0 Å². The second-order valence-electron chi connectivity index (χ2n) is 3.49. The van der Waals surface area contributed by atoms with Gasteiger partial charge < -0.3 is 4.74 Å². The van der Waals surface area contributed by atoms with E-state index in [1.54, 1.807) is 30.6 Å². The molecule has 0 N–H and O–H groups in total. The maximum Gasteiger partial charge on any atom is 0.150 e. The zero-order chi connectivity index (χ0) is 12.1. The van der Waals surface area contributed by atoms with Crippen molar-refractivity contribution in [3.8, 4) is 5.75 Å². The smallest absolute Gasteiger partial charge is 0.150 e. The Hall–Kier alpha value is -1.68. The van der Waals surface area contributed by atoms with Crippen molar-refractivity contribution in [3.05, 3.63) is 58.3 Å². The number of hydrogen-bond donors (Lipinski definition) is 0. The van der Waals surface area contributed by atoms with Crippen LogP contribution in [0.2, 0.25) is 0 Å². The Morgan fingerprint density at radius 3 is 2.94 bits per heavy atom. The molecule has 0 spiro atoms. The normalized spacial score (nSPS) is 9.94. The van der Waals surface area contributed by atoms with Crippen LogP contribution in [0.15, 0.2) is 47.2 Å². The molecular formula is C13H10BrNO2. The van der Waals surface area contributed by atoms with E-state index in [1.807, 2.05) is 12.1 Å². The number of aromatic nitrogens is 1. The molecule has 0 fully saturated rings. The van der Waals surface area contributed by atoms with Gasteiger partial charge in [-0.25, -0.2) is 0 Å². The molecule has 0 unspecified atom stereocenters. The Morgan fingerprint density at radius 1 is 1.29 bits per heavy atom. The SMILES string of the molecule is O=Cc1cccc(OCc2cncc(Br)c2)c1. The van der Waals surface area contributed by atoms with Gasteiger partial charge in [0.1, 0.15) is 18.6 Å². The van der Waals surface area contributed by atoms with Crippen LogP contribution in [-0.2, 0) is 6.61 Å². The summed E-state index contributed by atoms with van der Waals surface area (Å²) in [5.74, 6) is 0.676. The number of nitrogens with zero attached hydrogens (tertiary/aromatic N) is 1. The third-order valence-corrected chi connectivity index (χ3v) is 2.59. The zero-order valence-electron chi connectivity index (χ0n) is 8.97. The van der Waals surface area contributed by atoms with E-state index in [2.05, 4.69) is 20.9 Å². The molecule has 0 aliphatic carbocycles. The lowest BCUT2D eigenvalue weighted by Crippen LogP contribution is -1.96. The molecule has 1 aromatic carbocycles. The number of benzene rings is 1. The highest BCUT2D eigenvalue weighted by Gasteiger charge is 1.98. The minimum Gasteiger partial charge on any atom is -0.489 e. The van der Waals surface area contributed by atoms with Crippen LogP contribution in [0, 0.1) is 0 Å². The third kappa shape index (κ3) is 3.39. The largest absolute Gasteiger partial charge is 0.489 e. The fraction of sp³-hybridized carbons (Fsp3) is 0.0769. The van der Waals surface area contributed by atoms with Crippen molar-refractivity contribution < 1.29 is 9.53 Å². The highest BCUT2D eigenvalue weighted by molar-refractivity contribution is 9.10. The number of hydrogen-bond acceptors (Lipinski definition) is 3. The summed E-state index contributed by atoms with van der Waals surface area (Å²) < 4.78 is 6.49. The molecule has 2 rings (SSSR count). The maximum absolute atomic E-state index is 10.6. The summed E-state index contributed by atoms with van der Waals surface area (Å²) in [4.78, 5) is 14.7. The predicted octanol–water partition coefficient (Wildman–Crippen LogP) is 3.24. The van der Waals surface area contributed by atoms with E-state index in [0.717, 1.165) is 16.3 Å². The molecule has 0 aliphatic rings. The fourth-order valence-electron chi connectivity index (χ4n) is 1.38. The topological polar surface area (TPSA) is 39.2 Å². The van der Waals surface area contributed by atoms with E-state index in [-0.39, 0.29) is 0 Å². The molecule has 0 amide bonds. The van der Waals surface area contributed by atoms with Gasteiger partial charge in [-0.1, -0.05) is 12.1 Å². The summed E-state index contributed by atoms with van der Waals surface area (Å²) in [6.07, 6.45) is 4.26. The van der Waals surface area contributed by atoms with Gasteiger partial charge >= 0.3 is 0 Å². The van der Waals surface area contributed by atoms with E-state index in [4.69, 9.17) is 4.74 Å². The lowest BCUT2D eigenvalue weighted by atomic mass is 10.2. The Morgan fingerprint density at radius 2 is 2.18 bits per heavy atom. The number of aldehydes is 1. The molecule has 4 heteroatoms. The Labute approximate surface area is 108 Å². The molecule has 3 nitrogen and oxygen atoms in total. The fourth-order valence-corrected chi connectivity index (χ4v) is 1.79. The van der Waals surface area contributed by atoms with Gasteiger partial charge in [-0.15, -0.1) is 0 Å². The highest BCUT2D eigenvalue weighted by atomic mass is 79.9. The van der Waals surface area contributed by atoms with Crippen LogP contribution in [0.25, 0.3) is 0 Å². The van der Waals surface area contributed by atoms with Crippen LogP contribution >= 0.6 is 15.9 Å². The molecule has 17 heavy (non-hydrogen) atoms. The molecule has 1 heterocycles. The molecular weight excluding hydrogens is 282 g/mol. The quantitative estimate of drug-likeness (QED) is 0.812. The minimum absolute atomic E-state index is 0.425. The lowest BCUT2D eigenvalue weighted by molar-refractivity contribution is 0.112. The molecule has 1 aromatic heterocycles. The van der Waals surface area contributed by atoms with Crippen LogP contribution in [0.1, 0.15) is 15.9 Å². The van der Waals surface area contributed by atoms with Crippen molar-refractivity contribution in [2.45, 2.75) is 6.61 Å². The van der Waals surface area contributed by atoms with Gasteiger partial charge in [0.05, 0.1) is 0 Å². The van der Waals surface area contributed by atoms with Crippen LogP contribution in [0.3, 0.4) is 0 Å². The monoisotopic (exact) mass is 291 g/mol. The lowest BCUT2D eigenvalue weighted by Gasteiger charge is -2.06. The first-order valence-electron chi connectivity index (χ1n) is 5.05. The first kappa shape index (κ1) is 11.8. The van der Waals surface area contributed by atoms with Crippen molar-refractivity contribution in [1.82, 2.24) is 4.98 Å². The van der Waals surface area contributed by atoms with Crippen LogP contribution in [0.5, 0.6) is 5.75 Å². The minimum atomic E-state index is 0.425. The Balaban J connectivity index is 2.04. The molecule has 0 saturated carbocycles. The predicted molar refractivity (Wildman–Crippen MR) is 68.1 cm³/mol. The van der Waals surface area contributed by atoms with Crippen molar-refractivity contribution >= 4 is 22.2 Å². The van der Waals surface area contributed by atoms with Gasteiger partial charge in [-0.3, -0.25) is 9.78 Å². The highest BCUT2D eigenvalue weighted by Crippen LogP contribution is 2.15. The first-order valence-corrected chi connectivity index (χ1v) is 5.85. The molecule has 0 radical (unpaired) electrons. The molecule has 2 aromatic rings. The number of pyridine rings is 1. The second kappa shape index (κ2) is 5.59. The average molecular weight is 292 g/mol. The van der Waals surface area contributed by atoms with Gasteiger partial charge in [-0.2, -0.15) is 0 Å². The number of ether oxygens (including phenoxy) is 1. The van der Waals surface area contributed by atoms with Gasteiger partial charge in [0.25, 0.3) is 0 Å². The average Bonchev–Trinajstić information content (AvgIpc) is 2.37. The third-order valence-electron chi connectivity index (χ3n) is 2.16. The summed E-state index contributed by atoms with van der Waals surface area (Å²) in [6, 6.07) is 8.99. The molecule has 86 valence electrons. The van der Waals surface area contributed by atoms with Crippen molar-refractivity contribution in [1.29, 1.82) is 0 Å². The van der Waals surface area contributed by atoms with Crippen molar-refractivity contribution in [2.24, 2.45) is 0 Å². The van der Waals surface area contributed by atoms with E-state index in [1.165, 1.54) is 0 Å². The Kier molecular flexibility index (Phi) is 3.88. The number of carbonyl (C=O) groups is 1. The molecule has 0 saturated heterocycles.